The summed E-state index contributed by atoms with van der Waals surface area (Å²) in [5.41, 5.74) is 1.62. The summed E-state index contributed by atoms with van der Waals surface area (Å²) in [7, 11) is 0. The molecule has 4 heterocycles. The summed E-state index contributed by atoms with van der Waals surface area (Å²) in [4.78, 5) is 11.8. The van der Waals surface area contributed by atoms with E-state index in [0.29, 0.717) is 6.04 Å². The average molecular weight is 348 g/mol. The van der Waals surface area contributed by atoms with Gasteiger partial charge in [-0.05, 0) is 49.8 Å². The third kappa shape index (κ3) is 2.46. The summed E-state index contributed by atoms with van der Waals surface area (Å²) in [6.45, 7) is 0.869. The monoisotopic (exact) mass is 347 g/mol. The molecule has 1 aliphatic carbocycles. The average Bonchev–Trinajstić information content (AvgIpc) is 3.24. The highest BCUT2D eigenvalue weighted by molar-refractivity contribution is 7.99. The van der Waals surface area contributed by atoms with Crippen LogP contribution in [0.25, 0.3) is 10.2 Å². The molecule has 2 aromatic rings. The molecule has 5 rings (SSSR count). The SMILES string of the molecule is c1nc(N[C@@H]2CCO[C@@]3(CCSC3)C2)c2c3c(sc2n1)CCC3. The molecule has 0 saturated carbocycles. The zero-order valence-electron chi connectivity index (χ0n) is 13.1. The molecule has 0 radical (unpaired) electrons. The lowest BCUT2D eigenvalue weighted by Crippen LogP contribution is -2.44. The minimum absolute atomic E-state index is 0.114. The van der Waals surface area contributed by atoms with Crippen LogP contribution in [0.15, 0.2) is 6.33 Å². The summed E-state index contributed by atoms with van der Waals surface area (Å²) in [5, 5.41) is 5.05. The van der Waals surface area contributed by atoms with Crippen LogP contribution >= 0.6 is 23.1 Å². The summed E-state index contributed by atoms with van der Waals surface area (Å²) in [5.74, 6) is 3.45. The van der Waals surface area contributed by atoms with E-state index < -0.39 is 0 Å². The number of aromatic nitrogens is 2. The van der Waals surface area contributed by atoms with Gasteiger partial charge in [-0.3, -0.25) is 0 Å². The van der Waals surface area contributed by atoms with Gasteiger partial charge in [0.25, 0.3) is 0 Å². The molecule has 23 heavy (non-hydrogen) atoms. The van der Waals surface area contributed by atoms with Gasteiger partial charge >= 0.3 is 0 Å². The van der Waals surface area contributed by atoms with E-state index in [1.165, 1.54) is 47.3 Å². The zero-order valence-corrected chi connectivity index (χ0v) is 14.8. The minimum Gasteiger partial charge on any atom is -0.374 e. The van der Waals surface area contributed by atoms with E-state index in [4.69, 9.17) is 4.74 Å². The van der Waals surface area contributed by atoms with Crippen molar-refractivity contribution in [2.45, 2.75) is 50.2 Å². The molecular formula is C17H21N3OS2. The van der Waals surface area contributed by atoms with Gasteiger partial charge in [-0.25, -0.2) is 9.97 Å². The number of nitrogens with one attached hydrogen (secondary N) is 1. The van der Waals surface area contributed by atoms with Gasteiger partial charge in [0.05, 0.1) is 11.0 Å². The first-order valence-corrected chi connectivity index (χ1v) is 10.5. The fraction of sp³-hybridized carbons (Fsp3) is 0.647. The molecule has 2 aromatic heterocycles. The Kier molecular flexibility index (Phi) is 3.53. The van der Waals surface area contributed by atoms with E-state index in [9.17, 15) is 0 Å². The van der Waals surface area contributed by atoms with Crippen LogP contribution in [0.2, 0.25) is 0 Å². The Bertz CT molecular complexity index is 739. The van der Waals surface area contributed by atoms with Gasteiger partial charge in [0.15, 0.2) is 0 Å². The van der Waals surface area contributed by atoms with Crippen LogP contribution in [0.1, 0.15) is 36.1 Å². The molecule has 0 bridgehead atoms. The van der Waals surface area contributed by atoms with Crippen molar-refractivity contribution in [3.05, 3.63) is 16.8 Å². The lowest BCUT2D eigenvalue weighted by Gasteiger charge is -2.38. The standard InChI is InChI=1S/C17H21N3OS2/c1-2-12-13(3-1)23-16-14(12)15(18-10-19-16)20-11-4-6-21-17(8-11)5-7-22-9-17/h10-11H,1-9H2,(H,18,19,20)/t11-,17+/m1/s1. The van der Waals surface area contributed by atoms with Crippen LogP contribution in [-0.2, 0) is 17.6 Å². The van der Waals surface area contributed by atoms with Gasteiger partial charge < -0.3 is 10.1 Å². The van der Waals surface area contributed by atoms with Crippen LogP contribution in [0.3, 0.4) is 0 Å². The smallest absolute Gasteiger partial charge is 0.138 e. The number of ether oxygens (including phenoxy) is 1. The molecule has 2 aliphatic heterocycles. The second-order valence-corrected chi connectivity index (χ2v) is 9.12. The maximum atomic E-state index is 6.15. The number of thioether (sulfide) groups is 1. The lowest BCUT2D eigenvalue weighted by atomic mass is 9.90. The number of hydrogen-bond donors (Lipinski definition) is 1. The number of hydrogen-bond acceptors (Lipinski definition) is 6. The van der Waals surface area contributed by atoms with Crippen LogP contribution < -0.4 is 5.32 Å². The van der Waals surface area contributed by atoms with Gasteiger partial charge in [-0.2, -0.15) is 11.8 Å². The molecule has 2 fully saturated rings. The molecule has 2 saturated heterocycles. The Balaban J connectivity index is 1.45. The van der Waals surface area contributed by atoms with E-state index in [2.05, 4.69) is 15.3 Å². The Morgan fingerprint density at radius 3 is 3.22 bits per heavy atom. The predicted octanol–water partition coefficient (Wildman–Crippen LogP) is 3.65. The topological polar surface area (TPSA) is 47.0 Å². The van der Waals surface area contributed by atoms with E-state index in [-0.39, 0.29) is 5.60 Å². The fourth-order valence-corrected chi connectivity index (χ4v) is 6.85. The second-order valence-electron chi connectivity index (χ2n) is 6.93. The van der Waals surface area contributed by atoms with Crippen LogP contribution in [0, 0.1) is 0 Å². The molecule has 3 aliphatic rings. The molecule has 1 N–H and O–H groups in total. The summed E-state index contributed by atoms with van der Waals surface area (Å²) >= 11 is 3.89. The van der Waals surface area contributed by atoms with Crippen molar-refractivity contribution < 1.29 is 4.74 Å². The molecule has 2 atom stereocenters. The first kappa shape index (κ1) is 14.5. The number of anilines is 1. The lowest BCUT2D eigenvalue weighted by molar-refractivity contribution is -0.0628. The zero-order chi connectivity index (χ0) is 15.3. The summed E-state index contributed by atoms with van der Waals surface area (Å²) in [6.07, 6.45) is 8.78. The molecule has 0 unspecified atom stereocenters. The predicted molar refractivity (Wildman–Crippen MR) is 96.7 cm³/mol. The van der Waals surface area contributed by atoms with Crippen molar-refractivity contribution >= 4 is 39.1 Å². The van der Waals surface area contributed by atoms with Crippen molar-refractivity contribution in [2.24, 2.45) is 0 Å². The van der Waals surface area contributed by atoms with Crippen molar-refractivity contribution in [1.29, 1.82) is 0 Å². The molecule has 0 amide bonds. The first-order valence-electron chi connectivity index (χ1n) is 8.56. The van der Waals surface area contributed by atoms with Gasteiger partial charge in [0, 0.05) is 23.3 Å². The molecule has 6 heteroatoms. The van der Waals surface area contributed by atoms with Crippen LogP contribution in [-0.4, -0.2) is 39.7 Å². The van der Waals surface area contributed by atoms with E-state index in [0.717, 1.165) is 35.8 Å². The van der Waals surface area contributed by atoms with Gasteiger partial charge in [-0.1, -0.05) is 0 Å². The van der Waals surface area contributed by atoms with Gasteiger partial charge in [0.2, 0.25) is 0 Å². The maximum absolute atomic E-state index is 6.15. The molecule has 0 aromatic carbocycles. The first-order chi connectivity index (χ1) is 11.3. The summed E-state index contributed by atoms with van der Waals surface area (Å²) in [6, 6.07) is 0.470. The van der Waals surface area contributed by atoms with Crippen LogP contribution in [0.5, 0.6) is 0 Å². The van der Waals surface area contributed by atoms with E-state index in [1.807, 2.05) is 23.1 Å². The maximum Gasteiger partial charge on any atom is 0.138 e. The number of rotatable bonds is 2. The van der Waals surface area contributed by atoms with Crippen molar-refractivity contribution in [1.82, 2.24) is 9.97 Å². The Hall–Kier alpha value is -0.850. The number of fused-ring (bicyclic) bond motifs is 3. The molecular weight excluding hydrogens is 326 g/mol. The summed E-state index contributed by atoms with van der Waals surface area (Å²) < 4.78 is 6.15. The van der Waals surface area contributed by atoms with E-state index >= 15 is 0 Å². The third-order valence-electron chi connectivity index (χ3n) is 5.40. The van der Waals surface area contributed by atoms with Gasteiger partial charge in [-0.15, -0.1) is 11.3 Å². The van der Waals surface area contributed by atoms with Crippen molar-refractivity contribution in [2.75, 3.05) is 23.4 Å². The number of aryl methyl sites for hydroxylation is 2. The quantitative estimate of drug-likeness (QED) is 0.898. The number of thiophene rings is 1. The highest BCUT2D eigenvalue weighted by Gasteiger charge is 2.40. The van der Waals surface area contributed by atoms with Gasteiger partial charge in [0.1, 0.15) is 17.0 Å². The van der Waals surface area contributed by atoms with E-state index in [1.54, 1.807) is 6.33 Å². The normalized spacial score (nSPS) is 30.2. The Morgan fingerprint density at radius 2 is 2.30 bits per heavy atom. The van der Waals surface area contributed by atoms with Crippen LogP contribution in [0.4, 0.5) is 5.82 Å². The largest absolute Gasteiger partial charge is 0.374 e. The molecule has 4 nitrogen and oxygen atoms in total. The molecule has 1 spiro atoms. The van der Waals surface area contributed by atoms with Crippen molar-refractivity contribution in [3.8, 4) is 0 Å². The third-order valence-corrected chi connectivity index (χ3v) is 7.83. The number of nitrogens with zero attached hydrogens (tertiary/aromatic N) is 2. The highest BCUT2D eigenvalue weighted by atomic mass is 32.2. The second kappa shape index (κ2) is 5.60. The highest BCUT2D eigenvalue weighted by Crippen LogP contribution is 2.41. The Labute approximate surface area is 144 Å². The molecule has 122 valence electrons. The Morgan fingerprint density at radius 1 is 1.30 bits per heavy atom. The fourth-order valence-electron chi connectivity index (χ4n) is 4.25. The minimum atomic E-state index is 0.114. The van der Waals surface area contributed by atoms with Crippen molar-refractivity contribution in [3.63, 3.8) is 0 Å².